The van der Waals surface area contributed by atoms with Gasteiger partial charge in [0.1, 0.15) is 35.7 Å². The molecule has 0 aliphatic rings. The summed E-state index contributed by atoms with van der Waals surface area (Å²) in [5.41, 5.74) is 1.56. The molecule has 198 valence electrons. The van der Waals surface area contributed by atoms with Crippen LogP contribution in [-0.2, 0) is 16.4 Å². The maximum atomic E-state index is 12.5. The van der Waals surface area contributed by atoms with Crippen LogP contribution in [0.3, 0.4) is 0 Å². The lowest BCUT2D eigenvalue weighted by Gasteiger charge is -2.13. The molecule has 4 N–H and O–H groups in total. The van der Waals surface area contributed by atoms with Crippen LogP contribution in [0.2, 0.25) is 0 Å². The number of aliphatic hydroxyl groups is 1. The van der Waals surface area contributed by atoms with E-state index in [1.807, 2.05) is 24.3 Å². The van der Waals surface area contributed by atoms with Crippen molar-refractivity contribution in [3.63, 3.8) is 0 Å². The Morgan fingerprint density at radius 1 is 0.763 bits per heavy atom. The van der Waals surface area contributed by atoms with Crippen LogP contribution in [0.4, 0.5) is 5.69 Å². The van der Waals surface area contributed by atoms with Crippen molar-refractivity contribution < 1.29 is 28.1 Å². The number of benzene rings is 4. The van der Waals surface area contributed by atoms with E-state index in [4.69, 9.17) is 9.47 Å². The van der Waals surface area contributed by atoms with E-state index in [0.717, 1.165) is 12.0 Å². The minimum absolute atomic E-state index is 0.156. The summed E-state index contributed by atoms with van der Waals surface area (Å²) in [5, 5.41) is 22.6. The molecule has 0 amide bonds. The molecular formula is C29H30N2O6S. The van der Waals surface area contributed by atoms with Gasteiger partial charge >= 0.3 is 0 Å². The lowest BCUT2D eigenvalue weighted by molar-refractivity contribution is 0.106. The average Bonchev–Trinajstić information content (AvgIpc) is 2.93. The first-order chi connectivity index (χ1) is 18.4. The van der Waals surface area contributed by atoms with E-state index in [2.05, 4.69) is 10.0 Å². The van der Waals surface area contributed by atoms with Crippen LogP contribution >= 0.6 is 0 Å². The molecule has 4 aromatic carbocycles. The number of phenolic OH excluding ortho intramolecular Hbond substituents is 1. The highest BCUT2D eigenvalue weighted by molar-refractivity contribution is 7.92. The SMILES string of the molecule is O=S(=O)(Nc1ccc(Oc2ccc(CCNC[C@H](O)COc3ccc(O)cc3)cc2)cc1)c1ccccc1. The van der Waals surface area contributed by atoms with E-state index in [1.54, 1.807) is 66.7 Å². The van der Waals surface area contributed by atoms with Crippen LogP contribution < -0.4 is 19.5 Å². The molecule has 38 heavy (non-hydrogen) atoms. The van der Waals surface area contributed by atoms with E-state index in [1.165, 1.54) is 12.1 Å². The number of hydrogen-bond donors (Lipinski definition) is 4. The molecule has 0 radical (unpaired) electrons. The van der Waals surface area contributed by atoms with Crippen molar-refractivity contribution in [2.75, 3.05) is 24.4 Å². The van der Waals surface area contributed by atoms with E-state index < -0.39 is 16.1 Å². The zero-order valence-corrected chi connectivity index (χ0v) is 21.5. The summed E-state index contributed by atoms with van der Waals surface area (Å²) in [4.78, 5) is 0.200. The van der Waals surface area contributed by atoms with Gasteiger partial charge in [0.2, 0.25) is 0 Å². The number of sulfonamides is 1. The molecule has 0 saturated heterocycles. The Hall–Kier alpha value is -4.05. The van der Waals surface area contributed by atoms with Crippen molar-refractivity contribution in [1.82, 2.24) is 5.32 Å². The molecule has 0 fully saturated rings. The number of nitrogens with one attached hydrogen (secondary N) is 2. The van der Waals surface area contributed by atoms with Gasteiger partial charge in [-0.1, -0.05) is 30.3 Å². The van der Waals surface area contributed by atoms with Crippen LogP contribution in [0.25, 0.3) is 0 Å². The summed E-state index contributed by atoms with van der Waals surface area (Å²) in [6.07, 6.45) is 0.127. The minimum Gasteiger partial charge on any atom is -0.508 e. The first-order valence-corrected chi connectivity index (χ1v) is 13.6. The van der Waals surface area contributed by atoms with Gasteiger partial charge in [-0.05, 0) is 91.3 Å². The Morgan fingerprint density at radius 2 is 1.37 bits per heavy atom. The van der Waals surface area contributed by atoms with E-state index in [9.17, 15) is 18.6 Å². The molecule has 0 heterocycles. The third kappa shape index (κ3) is 8.24. The standard InChI is InChI=1S/C29H30N2O6S/c32-24-10-16-26(17-11-24)36-21-25(33)20-30-19-18-22-6-12-27(13-7-22)37-28-14-8-23(9-15-28)31-38(34,35)29-4-2-1-3-5-29/h1-17,25,30-33H,18-21H2/t25-/m0/s1. The molecule has 4 aromatic rings. The monoisotopic (exact) mass is 534 g/mol. The molecule has 8 nitrogen and oxygen atoms in total. The van der Waals surface area contributed by atoms with Gasteiger partial charge in [-0.25, -0.2) is 8.42 Å². The quantitative estimate of drug-likeness (QED) is 0.186. The van der Waals surface area contributed by atoms with Gasteiger partial charge in [0.15, 0.2) is 0 Å². The maximum Gasteiger partial charge on any atom is 0.261 e. The lowest BCUT2D eigenvalue weighted by atomic mass is 10.1. The van der Waals surface area contributed by atoms with Crippen molar-refractivity contribution >= 4 is 15.7 Å². The number of rotatable bonds is 13. The Morgan fingerprint density at radius 3 is 2.03 bits per heavy atom. The van der Waals surface area contributed by atoms with Gasteiger partial charge in [-0.15, -0.1) is 0 Å². The number of ether oxygens (including phenoxy) is 2. The largest absolute Gasteiger partial charge is 0.508 e. The van der Waals surface area contributed by atoms with Gasteiger partial charge < -0.3 is 25.0 Å². The van der Waals surface area contributed by atoms with Crippen LogP contribution in [0.15, 0.2) is 108 Å². The Balaban J connectivity index is 1.17. The van der Waals surface area contributed by atoms with Crippen LogP contribution in [0.1, 0.15) is 5.56 Å². The summed E-state index contributed by atoms with van der Waals surface area (Å²) in [6, 6.07) is 29.0. The molecule has 0 aliphatic heterocycles. The molecule has 4 rings (SSSR count). The molecule has 9 heteroatoms. The normalized spacial score (nSPS) is 12.0. The highest BCUT2D eigenvalue weighted by Gasteiger charge is 2.13. The van der Waals surface area contributed by atoms with E-state index in [0.29, 0.717) is 36.0 Å². The van der Waals surface area contributed by atoms with Crippen molar-refractivity contribution in [3.8, 4) is 23.0 Å². The van der Waals surface area contributed by atoms with Crippen LogP contribution in [0.5, 0.6) is 23.0 Å². The highest BCUT2D eigenvalue weighted by atomic mass is 32.2. The topological polar surface area (TPSA) is 117 Å². The first-order valence-electron chi connectivity index (χ1n) is 12.1. The molecule has 0 saturated carbocycles. The number of anilines is 1. The van der Waals surface area contributed by atoms with E-state index in [-0.39, 0.29) is 17.3 Å². The molecular weight excluding hydrogens is 504 g/mol. The number of aromatic hydroxyl groups is 1. The molecule has 0 spiro atoms. The highest BCUT2D eigenvalue weighted by Crippen LogP contribution is 2.25. The Kier molecular flexibility index (Phi) is 9.21. The van der Waals surface area contributed by atoms with Gasteiger partial charge in [-0.2, -0.15) is 0 Å². The lowest BCUT2D eigenvalue weighted by Crippen LogP contribution is -2.32. The predicted octanol–water partition coefficient (Wildman–Crippen LogP) is 4.56. The van der Waals surface area contributed by atoms with Crippen molar-refractivity contribution in [2.24, 2.45) is 0 Å². The third-order valence-electron chi connectivity index (χ3n) is 5.57. The van der Waals surface area contributed by atoms with Gasteiger partial charge in [0, 0.05) is 12.2 Å². The second-order valence-electron chi connectivity index (χ2n) is 8.60. The van der Waals surface area contributed by atoms with Crippen molar-refractivity contribution in [1.29, 1.82) is 0 Å². The fraction of sp³-hybridized carbons (Fsp3) is 0.172. The van der Waals surface area contributed by atoms with E-state index >= 15 is 0 Å². The zero-order chi connectivity index (χ0) is 26.8. The maximum absolute atomic E-state index is 12.5. The minimum atomic E-state index is -3.64. The van der Waals surface area contributed by atoms with Crippen molar-refractivity contribution in [3.05, 3.63) is 109 Å². The smallest absolute Gasteiger partial charge is 0.261 e. The third-order valence-corrected chi connectivity index (χ3v) is 6.97. The average molecular weight is 535 g/mol. The summed E-state index contributed by atoms with van der Waals surface area (Å²) in [5.74, 6) is 2.01. The molecule has 0 aliphatic carbocycles. The summed E-state index contributed by atoms with van der Waals surface area (Å²) >= 11 is 0. The van der Waals surface area contributed by atoms with Gasteiger partial charge in [-0.3, -0.25) is 4.72 Å². The second kappa shape index (κ2) is 13.0. The first kappa shape index (κ1) is 27.0. The van der Waals surface area contributed by atoms with Crippen molar-refractivity contribution in [2.45, 2.75) is 17.4 Å². The molecule has 1 atom stereocenters. The molecule has 0 bridgehead atoms. The fourth-order valence-electron chi connectivity index (χ4n) is 3.56. The predicted molar refractivity (Wildman–Crippen MR) is 146 cm³/mol. The summed E-state index contributed by atoms with van der Waals surface area (Å²) in [6.45, 7) is 1.25. The molecule has 0 aromatic heterocycles. The molecule has 0 unspecified atom stereocenters. The van der Waals surface area contributed by atoms with Crippen LogP contribution in [0, 0.1) is 0 Å². The Labute approximate surface area is 222 Å². The number of phenols is 1. The van der Waals surface area contributed by atoms with Gasteiger partial charge in [0.05, 0.1) is 4.90 Å². The van der Waals surface area contributed by atoms with Gasteiger partial charge in [0.25, 0.3) is 10.0 Å². The summed E-state index contributed by atoms with van der Waals surface area (Å²) < 4.78 is 38.9. The number of aliphatic hydroxyl groups excluding tert-OH is 1. The van der Waals surface area contributed by atoms with Crippen LogP contribution in [-0.4, -0.2) is 44.4 Å². The fourth-order valence-corrected chi connectivity index (χ4v) is 4.64. The zero-order valence-electron chi connectivity index (χ0n) is 20.7. The summed E-state index contributed by atoms with van der Waals surface area (Å²) in [7, 11) is -3.64. The number of hydrogen-bond acceptors (Lipinski definition) is 7. The Bertz CT molecular complexity index is 1380. The second-order valence-corrected chi connectivity index (χ2v) is 10.3.